The Kier molecular flexibility index (Phi) is 19.9. The summed E-state index contributed by atoms with van der Waals surface area (Å²) in [5.41, 5.74) is -11.8. The third kappa shape index (κ3) is 17.1. The Balaban J connectivity index is 0.000000620. The van der Waals surface area contributed by atoms with Crippen LogP contribution in [0.4, 0.5) is 26.3 Å². The van der Waals surface area contributed by atoms with Gasteiger partial charge in [-0.05, 0) is 0 Å². The van der Waals surface area contributed by atoms with Gasteiger partial charge in [-0.2, -0.15) is 43.2 Å². The van der Waals surface area contributed by atoms with E-state index in [0.29, 0.717) is 0 Å². The number of carbonyl (C=O) groups is 8. The fourth-order valence-corrected chi connectivity index (χ4v) is 6.07. The van der Waals surface area contributed by atoms with Crippen molar-refractivity contribution in [1.82, 2.24) is 0 Å². The van der Waals surface area contributed by atoms with Crippen molar-refractivity contribution in [3.8, 4) is 0 Å². The average Bonchev–Trinajstić information content (AvgIpc) is 3.06. The van der Waals surface area contributed by atoms with Crippen LogP contribution in [0.2, 0.25) is 0 Å². The van der Waals surface area contributed by atoms with E-state index in [1.165, 1.54) is 0 Å². The van der Waals surface area contributed by atoms with Crippen LogP contribution >= 0.6 is 0 Å². The molecule has 0 N–H and O–H groups in total. The second kappa shape index (κ2) is 22.4. The van der Waals surface area contributed by atoms with Crippen molar-refractivity contribution in [3.63, 3.8) is 0 Å². The van der Waals surface area contributed by atoms with Gasteiger partial charge < -0.3 is 47.4 Å². The Morgan fingerprint density at radius 3 is 0.855 bits per heavy atom. The molecule has 0 amide bonds. The van der Waals surface area contributed by atoms with Gasteiger partial charge in [0.05, 0.1) is 0 Å². The molecule has 0 bridgehead atoms. The van der Waals surface area contributed by atoms with Crippen LogP contribution in [0, 0.1) is 0 Å². The molecule has 0 saturated carbocycles. The summed E-state index contributed by atoms with van der Waals surface area (Å²) in [5, 5.41) is 0. The van der Waals surface area contributed by atoms with E-state index in [1.807, 2.05) is 0 Å². The molecular weight excluding hydrogens is 922 g/mol. The lowest BCUT2D eigenvalue weighted by Gasteiger charge is -2.43. The first-order valence-corrected chi connectivity index (χ1v) is 19.5. The first-order valence-electron chi connectivity index (χ1n) is 16.7. The van der Waals surface area contributed by atoms with E-state index >= 15 is 0 Å². The summed E-state index contributed by atoms with van der Waals surface area (Å²) >= 11 is 0. The van der Waals surface area contributed by atoms with E-state index < -0.39 is 154 Å². The Bertz CT molecular complexity index is 1750. The second-order valence-electron chi connectivity index (χ2n) is 12.1. The number of carbonyl (C=O) groups excluding carboxylic acids is 8. The Labute approximate surface area is 346 Å². The molecule has 0 radical (unpaired) electrons. The Morgan fingerprint density at radius 2 is 0.645 bits per heavy atom. The van der Waals surface area contributed by atoms with E-state index in [2.05, 4.69) is 17.8 Å². The summed E-state index contributed by atoms with van der Waals surface area (Å²) in [7, 11) is -12.6. The van der Waals surface area contributed by atoms with E-state index in [-0.39, 0.29) is 0 Å². The number of hydrogen-bond donors (Lipinski definition) is 0. The lowest BCUT2D eigenvalue weighted by Crippen LogP contribution is -2.63. The predicted molar refractivity (Wildman–Crippen MR) is 176 cm³/mol. The number of halogens is 6. The van der Waals surface area contributed by atoms with Gasteiger partial charge >= 0.3 is 79.0 Å². The summed E-state index contributed by atoms with van der Waals surface area (Å²) in [6.45, 7) is 5.65. The van der Waals surface area contributed by atoms with Crippen LogP contribution < -0.4 is 0 Å². The fourth-order valence-electron chi connectivity index (χ4n) is 4.87. The quantitative estimate of drug-likeness (QED) is 0.0720. The van der Waals surface area contributed by atoms with Crippen LogP contribution in [0.25, 0.3) is 0 Å². The molecule has 356 valence electrons. The van der Waals surface area contributed by atoms with E-state index in [4.69, 9.17) is 37.9 Å². The molecular formula is C30H38F6O24S2. The van der Waals surface area contributed by atoms with Gasteiger partial charge in [0.25, 0.3) is 0 Å². The molecule has 2 aliphatic rings. The first kappa shape index (κ1) is 55.1. The van der Waals surface area contributed by atoms with Gasteiger partial charge in [-0.25, -0.2) is 8.37 Å². The van der Waals surface area contributed by atoms with Gasteiger partial charge in [0.1, 0.15) is 25.4 Å². The standard InChI is InChI=1S/2C15H19F3O12S/c2*1-6(19)25-5-10-11(26-7(2)20)12(27-8(3)21)13(14(29-10)28-9(4)22)30-31(23,24)15(16,17)18/h2*10-14H,5H2,1-4H3/t2*10-,11-,12+,13+,14-/m11/s1. The summed E-state index contributed by atoms with van der Waals surface area (Å²) < 4.78 is 180. The Hall–Kier alpha value is -4.92. The average molecular weight is 961 g/mol. The lowest BCUT2D eigenvalue weighted by atomic mass is 9.98. The van der Waals surface area contributed by atoms with Crippen LogP contribution in [0.15, 0.2) is 0 Å². The highest BCUT2D eigenvalue weighted by atomic mass is 32.2. The Morgan fingerprint density at radius 1 is 0.403 bits per heavy atom. The molecule has 62 heavy (non-hydrogen) atoms. The predicted octanol–water partition coefficient (Wildman–Crippen LogP) is -0.129. The molecule has 0 unspecified atom stereocenters. The molecule has 32 heteroatoms. The number of alkyl halides is 6. The van der Waals surface area contributed by atoms with Gasteiger partial charge in [0.2, 0.25) is 12.6 Å². The minimum absolute atomic E-state index is 0.693. The number of esters is 8. The zero-order valence-corrected chi connectivity index (χ0v) is 34.7. The number of rotatable bonds is 14. The highest BCUT2D eigenvalue weighted by Crippen LogP contribution is 2.36. The monoisotopic (exact) mass is 960 g/mol. The molecule has 0 aromatic heterocycles. The van der Waals surface area contributed by atoms with Gasteiger partial charge in [-0.3, -0.25) is 38.4 Å². The SMILES string of the molecule is CC(=O)OC[C@H]1O[C@@H](OC(C)=O)[C@@H](OS(=O)(=O)C(F)(F)F)[C@@H](OC(C)=O)[C@@H]1OC(C)=O.CC(=O)OC[C@H]1O[C@@H](OC(C)=O)[C@@H](OS(=O)(=O)C(F)(F)F)[C@@H](OC(C)=O)[C@@H]1OC(C)=O. The molecule has 24 nitrogen and oxygen atoms in total. The van der Waals surface area contributed by atoms with Crippen molar-refractivity contribution in [2.75, 3.05) is 13.2 Å². The van der Waals surface area contributed by atoms with Gasteiger partial charge in [0, 0.05) is 55.4 Å². The topological polar surface area (TPSA) is 316 Å². The number of hydrogen-bond acceptors (Lipinski definition) is 24. The molecule has 10 atom stereocenters. The van der Waals surface area contributed by atoms with Gasteiger partial charge in [-0.1, -0.05) is 0 Å². The summed E-state index contributed by atoms with van der Waals surface area (Å²) in [5.74, 6) is -8.32. The highest BCUT2D eigenvalue weighted by molar-refractivity contribution is 7.87. The molecule has 2 rings (SSSR count). The fraction of sp³-hybridized carbons (Fsp3) is 0.733. The molecule has 0 aromatic carbocycles. The van der Waals surface area contributed by atoms with Crippen molar-refractivity contribution in [1.29, 1.82) is 0 Å². The van der Waals surface area contributed by atoms with Crippen molar-refractivity contribution >= 4 is 68.0 Å². The zero-order chi connectivity index (χ0) is 48.3. The third-order valence-corrected chi connectivity index (χ3v) is 8.98. The minimum Gasteiger partial charge on any atom is -0.463 e. The lowest BCUT2D eigenvalue weighted by molar-refractivity contribution is -0.293. The second-order valence-corrected chi connectivity index (χ2v) is 15.3. The largest absolute Gasteiger partial charge is 0.523 e. The summed E-state index contributed by atoms with van der Waals surface area (Å²) in [6, 6.07) is 0. The molecule has 2 fully saturated rings. The minimum atomic E-state index is -6.32. The first-order chi connectivity index (χ1) is 28.1. The van der Waals surface area contributed by atoms with Crippen LogP contribution in [-0.4, -0.2) is 150 Å². The maximum Gasteiger partial charge on any atom is 0.523 e. The van der Waals surface area contributed by atoms with Crippen molar-refractivity contribution in [2.24, 2.45) is 0 Å². The highest BCUT2D eigenvalue weighted by Gasteiger charge is 2.59. The van der Waals surface area contributed by atoms with Crippen LogP contribution in [0.1, 0.15) is 55.4 Å². The summed E-state index contributed by atoms with van der Waals surface area (Å²) in [6.07, 6.45) is -20.1. The summed E-state index contributed by atoms with van der Waals surface area (Å²) in [4.78, 5) is 91.0. The normalized spacial score (nSPS) is 26.5. The van der Waals surface area contributed by atoms with E-state index in [0.717, 1.165) is 55.4 Å². The molecule has 2 saturated heterocycles. The molecule has 0 spiro atoms. The molecule has 0 aromatic rings. The maximum atomic E-state index is 12.8. The van der Waals surface area contributed by atoms with Crippen molar-refractivity contribution in [3.05, 3.63) is 0 Å². The smallest absolute Gasteiger partial charge is 0.463 e. The third-order valence-electron chi connectivity index (χ3n) is 6.90. The number of ether oxygens (including phenoxy) is 10. The van der Waals surface area contributed by atoms with E-state index in [1.54, 1.807) is 0 Å². The molecule has 2 aliphatic heterocycles. The van der Waals surface area contributed by atoms with Gasteiger partial charge in [-0.15, -0.1) is 0 Å². The van der Waals surface area contributed by atoms with Crippen LogP contribution in [0.5, 0.6) is 0 Å². The molecule has 0 aliphatic carbocycles. The zero-order valence-electron chi connectivity index (χ0n) is 33.1. The van der Waals surface area contributed by atoms with Crippen LogP contribution in [-0.2, 0) is 114 Å². The molecule has 2 heterocycles. The van der Waals surface area contributed by atoms with Gasteiger partial charge in [0.15, 0.2) is 36.6 Å². The van der Waals surface area contributed by atoms with E-state index in [9.17, 15) is 81.5 Å². The van der Waals surface area contributed by atoms with Crippen molar-refractivity contribution < 1.29 is 137 Å². The van der Waals surface area contributed by atoms with Crippen LogP contribution in [0.3, 0.4) is 0 Å². The van der Waals surface area contributed by atoms with Crippen molar-refractivity contribution in [2.45, 2.75) is 128 Å². The maximum absolute atomic E-state index is 12.8.